The quantitative estimate of drug-likeness (QED) is 0.348. The zero-order valence-corrected chi connectivity index (χ0v) is 26.7. The molecule has 1 unspecified atom stereocenters. The molecule has 1 atom stereocenters. The molecule has 0 bridgehead atoms. The van der Waals surface area contributed by atoms with Crippen molar-refractivity contribution in [1.29, 1.82) is 0 Å². The van der Waals surface area contributed by atoms with Crippen LogP contribution in [0.5, 0.6) is 0 Å². The average molecular weight is 549 g/mol. The fraction of sp³-hybridized carbons (Fsp3) is 0.667. The van der Waals surface area contributed by atoms with E-state index in [1.54, 1.807) is 0 Å². The van der Waals surface area contributed by atoms with Crippen LogP contribution in [0.2, 0.25) is 0 Å². The maximum absolute atomic E-state index is 12.8. The number of nitrogens with one attached hydrogen (secondary N) is 1. The Balaban J connectivity index is 2.46. The second-order valence-corrected chi connectivity index (χ2v) is 15.1. The molecule has 5 nitrogen and oxygen atoms in total. The van der Waals surface area contributed by atoms with Crippen LogP contribution in [0.25, 0.3) is 0 Å². The van der Waals surface area contributed by atoms with Crippen LogP contribution in [0.15, 0.2) is 12.1 Å². The Hall–Kier alpha value is -1.70. The number of esters is 1. The lowest BCUT2D eigenvalue weighted by Crippen LogP contribution is -2.32. The largest absolute Gasteiger partial charge is 0.469 e. The molecule has 1 amide bonds. The maximum atomic E-state index is 12.8. The van der Waals surface area contributed by atoms with Crippen LogP contribution in [0.4, 0.5) is 0 Å². The van der Waals surface area contributed by atoms with Crippen molar-refractivity contribution in [2.24, 2.45) is 0 Å². The lowest BCUT2D eigenvalue weighted by molar-refractivity contribution is -0.139. The minimum Gasteiger partial charge on any atom is -0.469 e. The van der Waals surface area contributed by atoms with Crippen molar-refractivity contribution in [3.05, 3.63) is 42.8 Å². The SMILES string of the molecule is COC(=O)Cc1cc(C(C)(C)C)sc1C(C)C(C)(C)c1cc(CC(=O)NCCN(C)C)c(C(C)(C)C)s1. The number of rotatable bonds is 10. The summed E-state index contributed by atoms with van der Waals surface area (Å²) in [5, 5.41) is 3.07. The summed E-state index contributed by atoms with van der Waals surface area (Å²) in [6.07, 6.45) is 0.677. The topological polar surface area (TPSA) is 58.6 Å². The van der Waals surface area contributed by atoms with E-state index in [0.717, 1.165) is 17.7 Å². The van der Waals surface area contributed by atoms with Gasteiger partial charge in [-0.25, -0.2) is 0 Å². The average Bonchev–Trinajstić information content (AvgIpc) is 3.37. The molecule has 0 aliphatic rings. The molecular weight excluding hydrogens is 500 g/mol. The van der Waals surface area contributed by atoms with Crippen LogP contribution in [0.3, 0.4) is 0 Å². The highest BCUT2D eigenvalue weighted by atomic mass is 32.1. The molecule has 208 valence electrons. The Labute approximate surface area is 233 Å². The summed E-state index contributed by atoms with van der Waals surface area (Å²) in [6.45, 7) is 21.6. The molecule has 2 rings (SSSR count). The first-order valence-electron chi connectivity index (χ1n) is 13.1. The zero-order valence-electron chi connectivity index (χ0n) is 25.0. The summed E-state index contributed by atoms with van der Waals surface area (Å²) < 4.78 is 5.02. The van der Waals surface area contributed by atoms with Gasteiger partial charge in [0.05, 0.1) is 20.0 Å². The van der Waals surface area contributed by atoms with E-state index in [9.17, 15) is 9.59 Å². The predicted molar refractivity (Wildman–Crippen MR) is 158 cm³/mol. The Morgan fingerprint density at radius 2 is 1.51 bits per heavy atom. The van der Waals surface area contributed by atoms with Gasteiger partial charge in [-0.1, -0.05) is 62.3 Å². The van der Waals surface area contributed by atoms with E-state index in [2.05, 4.69) is 84.7 Å². The van der Waals surface area contributed by atoms with Crippen molar-refractivity contribution in [1.82, 2.24) is 10.2 Å². The van der Waals surface area contributed by atoms with Gasteiger partial charge in [0.25, 0.3) is 0 Å². The first-order valence-corrected chi connectivity index (χ1v) is 14.8. The number of methoxy groups -OCH3 is 1. The predicted octanol–water partition coefficient (Wildman–Crippen LogP) is 6.42. The molecule has 0 saturated carbocycles. The van der Waals surface area contributed by atoms with Gasteiger partial charge in [0.2, 0.25) is 5.91 Å². The van der Waals surface area contributed by atoms with E-state index >= 15 is 0 Å². The summed E-state index contributed by atoms with van der Waals surface area (Å²) in [4.78, 5) is 32.2. The van der Waals surface area contributed by atoms with E-state index in [-0.39, 0.29) is 40.5 Å². The first-order chi connectivity index (χ1) is 16.9. The Kier molecular flexibility index (Phi) is 10.2. The van der Waals surface area contributed by atoms with Crippen molar-refractivity contribution >= 4 is 34.6 Å². The Morgan fingerprint density at radius 3 is 2.03 bits per heavy atom. The molecule has 0 aromatic carbocycles. The summed E-state index contributed by atoms with van der Waals surface area (Å²) >= 11 is 3.64. The summed E-state index contributed by atoms with van der Waals surface area (Å²) in [7, 11) is 5.46. The molecule has 1 N–H and O–H groups in total. The molecule has 0 radical (unpaired) electrons. The van der Waals surface area contributed by atoms with Crippen LogP contribution < -0.4 is 5.32 Å². The highest BCUT2D eigenvalue weighted by Gasteiger charge is 2.36. The van der Waals surface area contributed by atoms with Crippen LogP contribution in [-0.2, 0) is 43.4 Å². The lowest BCUT2D eigenvalue weighted by atomic mass is 9.76. The molecule has 2 heterocycles. The molecule has 0 spiro atoms. The molecule has 0 saturated heterocycles. The van der Waals surface area contributed by atoms with Crippen LogP contribution in [-0.4, -0.2) is 51.1 Å². The highest BCUT2D eigenvalue weighted by Crippen LogP contribution is 2.48. The summed E-state index contributed by atoms with van der Waals surface area (Å²) in [5.74, 6) is 0.0377. The number of hydrogen-bond acceptors (Lipinski definition) is 6. The fourth-order valence-electron chi connectivity index (χ4n) is 4.25. The minimum absolute atomic E-state index is 0.00704. The second-order valence-electron chi connectivity index (χ2n) is 13.0. The number of carbonyl (C=O) groups excluding carboxylic acids is 2. The van der Waals surface area contributed by atoms with Gasteiger partial charge in [-0.15, -0.1) is 22.7 Å². The van der Waals surface area contributed by atoms with Gasteiger partial charge in [0, 0.05) is 43.9 Å². The zero-order chi connectivity index (χ0) is 28.3. The van der Waals surface area contributed by atoms with Gasteiger partial charge in [-0.05, 0) is 48.2 Å². The van der Waals surface area contributed by atoms with Gasteiger partial charge < -0.3 is 15.0 Å². The van der Waals surface area contributed by atoms with Gasteiger partial charge in [0.15, 0.2) is 0 Å². The number of carbonyl (C=O) groups is 2. The van der Waals surface area contributed by atoms with E-state index in [4.69, 9.17) is 4.74 Å². The van der Waals surface area contributed by atoms with Gasteiger partial charge >= 0.3 is 5.97 Å². The number of ether oxygens (including phenoxy) is 1. The third-order valence-electron chi connectivity index (χ3n) is 6.98. The second kappa shape index (κ2) is 12.0. The standard InChI is InChI=1S/C30H48N2O3S2/c1-19(26-20(18-25(34)35-12)15-22(36-26)28(2,3)4)30(8,9)23-16-21(27(37-23)29(5,6)7)17-24(33)31-13-14-32(10)11/h15-16,19H,13-14,17-18H2,1-12H3,(H,31,33). The molecule has 2 aromatic rings. The van der Waals surface area contributed by atoms with Gasteiger partial charge in [-0.3, -0.25) is 9.59 Å². The van der Waals surface area contributed by atoms with Crippen molar-refractivity contribution in [3.63, 3.8) is 0 Å². The normalized spacial score (nSPS) is 13.6. The molecule has 0 fully saturated rings. The first kappa shape index (κ1) is 31.5. The van der Waals surface area contributed by atoms with Crippen molar-refractivity contribution in [3.8, 4) is 0 Å². The van der Waals surface area contributed by atoms with Gasteiger partial charge in [-0.2, -0.15) is 0 Å². The van der Waals surface area contributed by atoms with E-state index in [0.29, 0.717) is 13.0 Å². The number of likely N-dealkylation sites (N-methyl/N-ethyl adjacent to an activating group) is 1. The fourth-order valence-corrected chi connectivity index (χ4v) is 7.16. The molecule has 0 aliphatic heterocycles. The number of hydrogen-bond donors (Lipinski definition) is 1. The molecular formula is C30H48N2O3S2. The van der Waals surface area contributed by atoms with Crippen molar-refractivity contribution in [2.75, 3.05) is 34.3 Å². The highest BCUT2D eigenvalue weighted by molar-refractivity contribution is 7.13. The Bertz CT molecular complexity index is 1080. The molecule has 7 heteroatoms. The van der Waals surface area contributed by atoms with Crippen LogP contribution >= 0.6 is 22.7 Å². The molecule has 37 heavy (non-hydrogen) atoms. The number of nitrogens with zero attached hydrogens (tertiary/aromatic N) is 1. The lowest BCUT2D eigenvalue weighted by Gasteiger charge is -2.31. The van der Waals surface area contributed by atoms with E-state index < -0.39 is 0 Å². The van der Waals surface area contributed by atoms with E-state index in [1.165, 1.54) is 26.6 Å². The van der Waals surface area contributed by atoms with Gasteiger partial charge in [0.1, 0.15) is 0 Å². The molecule has 2 aromatic heterocycles. The third kappa shape index (κ3) is 8.14. The molecule has 0 aliphatic carbocycles. The van der Waals surface area contributed by atoms with Crippen LogP contribution in [0, 0.1) is 0 Å². The van der Waals surface area contributed by atoms with Crippen molar-refractivity contribution in [2.45, 2.75) is 97.3 Å². The van der Waals surface area contributed by atoms with Crippen LogP contribution in [0.1, 0.15) is 98.9 Å². The summed E-state index contributed by atoms with van der Waals surface area (Å²) in [5.41, 5.74) is 1.95. The van der Waals surface area contributed by atoms with E-state index in [1.807, 2.05) is 36.8 Å². The maximum Gasteiger partial charge on any atom is 0.310 e. The van der Waals surface area contributed by atoms with Crippen molar-refractivity contribution < 1.29 is 14.3 Å². The third-order valence-corrected chi connectivity index (χ3v) is 10.7. The Morgan fingerprint density at radius 1 is 0.919 bits per heavy atom. The summed E-state index contributed by atoms with van der Waals surface area (Å²) in [6, 6.07) is 4.45. The monoisotopic (exact) mass is 548 g/mol. The number of amides is 1. The smallest absolute Gasteiger partial charge is 0.310 e. The number of thiophene rings is 2. The minimum atomic E-state index is -0.210.